The maximum absolute atomic E-state index is 3.58. The third kappa shape index (κ3) is 1.46. The second kappa shape index (κ2) is 3.41. The average Bonchev–Trinajstić information content (AvgIpc) is 2.86. The summed E-state index contributed by atoms with van der Waals surface area (Å²) >= 11 is 0. The van der Waals surface area contributed by atoms with Crippen molar-refractivity contribution >= 4 is 10.9 Å². The van der Waals surface area contributed by atoms with Crippen LogP contribution in [0.2, 0.25) is 0 Å². The van der Waals surface area contributed by atoms with E-state index in [9.17, 15) is 0 Å². The normalized spacial score (nSPS) is 17.7. The summed E-state index contributed by atoms with van der Waals surface area (Å²) in [4.78, 5) is 3.58. The Labute approximate surface area is 90.5 Å². The molecule has 2 aromatic rings. The first kappa shape index (κ1) is 9.02. The largest absolute Gasteiger partial charge is 0.358 e. The van der Waals surface area contributed by atoms with E-state index in [2.05, 4.69) is 36.2 Å². The summed E-state index contributed by atoms with van der Waals surface area (Å²) in [7, 11) is 0. The summed E-state index contributed by atoms with van der Waals surface area (Å²) in [5.41, 5.74) is 4.14. The van der Waals surface area contributed by atoms with E-state index in [0.29, 0.717) is 0 Å². The molecule has 0 amide bonds. The summed E-state index contributed by atoms with van der Waals surface area (Å²) in [6, 6.07) is 8.86. The van der Waals surface area contributed by atoms with Crippen LogP contribution in [-0.2, 0) is 0 Å². The Morgan fingerprint density at radius 3 is 2.73 bits per heavy atom. The second-order valence-corrected chi connectivity index (χ2v) is 4.74. The number of fused-ring (bicyclic) bond motifs is 1. The molecular formula is C14H17N. The number of aromatic amines is 1. The first-order valence-electron chi connectivity index (χ1n) is 5.93. The Balaban J connectivity index is 2.09. The lowest BCUT2D eigenvalue weighted by Crippen LogP contribution is -1.90. The van der Waals surface area contributed by atoms with E-state index in [1.165, 1.54) is 47.8 Å². The molecule has 1 heteroatoms. The molecule has 1 nitrogen and oxygen atoms in total. The third-order valence-corrected chi connectivity index (χ3v) is 3.70. The molecule has 0 atom stereocenters. The highest BCUT2D eigenvalue weighted by Crippen LogP contribution is 2.35. The molecular weight excluding hydrogens is 182 g/mol. The van der Waals surface area contributed by atoms with E-state index in [1.807, 2.05) is 0 Å². The van der Waals surface area contributed by atoms with Gasteiger partial charge in [-0.05, 0) is 43.4 Å². The highest BCUT2D eigenvalue weighted by molar-refractivity contribution is 5.83. The smallest absolute Gasteiger partial charge is 0.0458 e. The van der Waals surface area contributed by atoms with Crippen molar-refractivity contribution in [1.29, 1.82) is 0 Å². The van der Waals surface area contributed by atoms with E-state index in [0.717, 1.165) is 5.92 Å². The lowest BCUT2D eigenvalue weighted by atomic mass is 10.0. The van der Waals surface area contributed by atoms with Gasteiger partial charge in [-0.3, -0.25) is 0 Å². The zero-order valence-corrected chi connectivity index (χ0v) is 9.22. The molecule has 1 N–H and O–H groups in total. The van der Waals surface area contributed by atoms with Gasteiger partial charge in [0.05, 0.1) is 0 Å². The van der Waals surface area contributed by atoms with Crippen molar-refractivity contribution < 1.29 is 0 Å². The van der Waals surface area contributed by atoms with Crippen LogP contribution in [0.4, 0.5) is 0 Å². The number of nitrogens with one attached hydrogen (secondary N) is 1. The number of hydrogen-bond acceptors (Lipinski definition) is 0. The van der Waals surface area contributed by atoms with Crippen LogP contribution in [0.25, 0.3) is 10.9 Å². The summed E-state index contributed by atoms with van der Waals surface area (Å²) in [6.07, 6.45) is 5.54. The van der Waals surface area contributed by atoms with Crippen molar-refractivity contribution in [1.82, 2.24) is 4.98 Å². The van der Waals surface area contributed by atoms with Gasteiger partial charge in [0, 0.05) is 16.6 Å². The average molecular weight is 199 g/mol. The van der Waals surface area contributed by atoms with Crippen LogP contribution in [0.15, 0.2) is 24.3 Å². The van der Waals surface area contributed by atoms with Gasteiger partial charge in [0.25, 0.3) is 0 Å². The summed E-state index contributed by atoms with van der Waals surface area (Å²) in [5, 5.41) is 1.40. The molecule has 15 heavy (non-hydrogen) atoms. The lowest BCUT2D eigenvalue weighted by Gasteiger charge is -2.04. The molecule has 0 unspecified atom stereocenters. The van der Waals surface area contributed by atoms with Crippen LogP contribution < -0.4 is 0 Å². The Morgan fingerprint density at radius 1 is 1.20 bits per heavy atom. The molecule has 0 spiro atoms. The molecule has 1 aromatic carbocycles. The Hall–Kier alpha value is -1.24. The van der Waals surface area contributed by atoms with Crippen molar-refractivity contribution in [2.24, 2.45) is 0 Å². The van der Waals surface area contributed by atoms with E-state index in [1.54, 1.807) is 0 Å². The highest BCUT2D eigenvalue weighted by Gasteiger charge is 2.18. The predicted molar refractivity (Wildman–Crippen MR) is 64.2 cm³/mol. The molecule has 1 heterocycles. The zero-order valence-electron chi connectivity index (χ0n) is 9.22. The van der Waals surface area contributed by atoms with Crippen molar-refractivity contribution in [2.45, 2.75) is 38.5 Å². The minimum atomic E-state index is 0.789. The molecule has 1 saturated carbocycles. The van der Waals surface area contributed by atoms with Gasteiger partial charge in [0.1, 0.15) is 0 Å². The molecule has 1 aliphatic rings. The second-order valence-electron chi connectivity index (χ2n) is 4.74. The third-order valence-electron chi connectivity index (χ3n) is 3.70. The molecule has 0 radical (unpaired) electrons. The van der Waals surface area contributed by atoms with Gasteiger partial charge < -0.3 is 4.98 Å². The van der Waals surface area contributed by atoms with Gasteiger partial charge in [-0.15, -0.1) is 0 Å². The summed E-state index contributed by atoms with van der Waals surface area (Å²) in [5.74, 6) is 0.789. The SMILES string of the molecule is Cc1cccc2[nH]c(C3CCCC3)cc12. The standard InChI is InChI=1S/C14H17N/c1-10-5-4-8-13-12(10)9-14(15-13)11-6-2-3-7-11/h4-5,8-9,11,15H,2-3,6-7H2,1H3. The predicted octanol–water partition coefficient (Wildman–Crippen LogP) is 4.13. The van der Waals surface area contributed by atoms with Crippen molar-refractivity contribution in [3.05, 3.63) is 35.5 Å². The topological polar surface area (TPSA) is 15.8 Å². The number of rotatable bonds is 1. The van der Waals surface area contributed by atoms with Crippen LogP contribution in [0, 0.1) is 6.92 Å². The monoisotopic (exact) mass is 199 g/mol. The van der Waals surface area contributed by atoms with Gasteiger partial charge >= 0.3 is 0 Å². The molecule has 1 fully saturated rings. The van der Waals surface area contributed by atoms with Crippen LogP contribution in [0.1, 0.15) is 42.9 Å². The Kier molecular flexibility index (Phi) is 2.05. The maximum atomic E-state index is 3.58. The van der Waals surface area contributed by atoms with Gasteiger partial charge in [-0.1, -0.05) is 25.0 Å². The number of hydrogen-bond donors (Lipinski definition) is 1. The fraction of sp³-hybridized carbons (Fsp3) is 0.429. The summed E-state index contributed by atoms with van der Waals surface area (Å²) in [6.45, 7) is 2.19. The van der Waals surface area contributed by atoms with E-state index < -0.39 is 0 Å². The van der Waals surface area contributed by atoms with E-state index in [4.69, 9.17) is 0 Å². The maximum Gasteiger partial charge on any atom is 0.0458 e. The number of aromatic nitrogens is 1. The van der Waals surface area contributed by atoms with E-state index in [-0.39, 0.29) is 0 Å². The van der Waals surface area contributed by atoms with Crippen LogP contribution in [-0.4, -0.2) is 4.98 Å². The number of H-pyrrole nitrogens is 1. The van der Waals surface area contributed by atoms with Crippen molar-refractivity contribution in [3.8, 4) is 0 Å². The van der Waals surface area contributed by atoms with Gasteiger partial charge in [-0.25, -0.2) is 0 Å². The minimum absolute atomic E-state index is 0.789. The Bertz CT molecular complexity index is 475. The first-order valence-corrected chi connectivity index (χ1v) is 5.93. The molecule has 0 saturated heterocycles. The van der Waals surface area contributed by atoms with Crippen LogP contribution in [0.5, 0.6) is 0 Å². The molecule has 1 aliphatic carbocycles. The number of aryl methyl sites for hydroxylation is 1. The Morgan fingerprint density at radius 2 is 2.00 bits per heavy atom. The van der Waals surface area contributed by atoms with Gasteiger partial charge in [0.2, 0.25) is 0 Å². The van der Waals surface area contributed by atoms with Gasteiger partial charge in [-0.2, -0.15) is 0 Å². The minimum Gasteiger partial charge on any atom is -0.358 e. The van der Waals surface area contributed by atoms with Crippen LogP contribution >= 0.6 is 0 Å². The van der Waals surface area contributed by atoms with Crippen LogP contribution in [0.3, 0.4) is 0 Å². The lowest BCUT2D eigenvalue weighted by molar-refractivity contribution is 0.705. The molecule has 3 rings (SSSR count). The van der Waals surface area contributed by atoms with Crippen molar-refractivity contribution in [2.75, 3.05) is 0 Å². The quantitative estimate of drug-likeness (QED) is 0.710. The summed E-state index contributed by atoms with van der Waals surface area (Å²) < 4.78 is 0. The molecule has 78 valence electrons. The fourth-order valence-electron chi connectivity index (χ4n) is 2.79. The molecule has 1 aromatic heterocycles. The van der Waals surface area contributed by atoms with E-state index >= 15 is 0 Å². The van der Waals surface area contributed by atoms with Gasteiger partial charge in [0.15, 0.2) is 0 Å². The highest BCUT2D eigenvalue weighted by atomic mass is 14.7. The zero-order chi connectivity index (χ0) is 10.3. The first-order chi connectivity index (χ1) is 7.34. The molecule has 0 bridgehead atoms. The number of benzene rings is 1. The fourth-order valence-corrected chi connectivity index (χ4v) is 2.79. The molecule has 0 aliphatic heterocycles. The van der Waals surface area contributed by atoms with Crippen molar-refractivity contribution in [3.63, 3.8) is 0 Å².